The van der Waals surface area contributed by atoms with Gasteiger partial charge in [-0.15, -0.1) is 5.10 Å². The molecule has 0 saturated carbocycles. The number of nitrogens with one attached hydrogen (secondary N) is 1. The lowest BCUT2D eigenvalue weighted by molar-refractivity contribution is 0.568. The number of piperidine rings is 1. The Balaban J connectivity index is 2.09. The van der Waals surface area contributed by atoms with E-state index in [1.807, 2.05) is 13.8 Å². The number of rotatable bonds is 2. The molecule has 7 nitrogen and oxygen atoms in total. The van der Waals surface area contributed by atoms with Gasteiger partial charge in [-0.3, -0.25) is 0 Å². The van der Waals surface area contributed by atoms with Crippen LogP contribution in [-0.4, -0.2) is 32.7 Å². The van der Waals surface area contributed by atoms with Gasteiger partial charge in [-0.25, -0.2) is 10.8 Å². The molecule has 0 spiro atoms. The minimum atomic E-state index is 0.594. The Labute approximate surface area is 111 Å². The Bertz CT molecular complexity index is 598. The fraction of sp³-hybridized carbons (Fsp3) is 0.583. The van der Waals surface area contributed by atoms with Crippen molar-refractivity contribution < 1.29 is 0 Å². The summed E-state index contributed by atoms with van der Waals surface area (Å²) in [7, 11) is 0. The normalized spacial score (nSPS) is 16.1. The van der Waals surface area contributed by atoms with Gasteiger partial charge in [-0.1, -0.05) is 0 Å². The summed E-state index contributed by atoms with van der Waals surface area (Å²) >= 11 is 0. The van der Waals surface area contributed by atoms with E-state index in [1.165, 1.54) is 19.3 Å². The minimum absolute atomic E-state index is 0.594. The molecule has 0 aromatic carbocycles. The molecule has 1 aliphatic rings. The first-order valence-corrected chi connectivity index (χ1v) is 6.66. The third-order valence-electron chi connectivity index (χ3n) is 3.73. The molecule has 7 heteroatoms. The third-order valence-corrected chi connectivity index (χ3v) is 3.73. The zero-order valence-corrected chi connectivity index (χ0v) is 11.3. The predicted octanol–water partition coefficient (Wildman–Crippen LogP) is 1.02. The van der Waals surface area contributed by atoms with Gasteiger partial charge < -0.3 is 10.3 Å². The highest BCUT2D eigenvalue weighted by Gasteiger charge is 2.18. The van der Waals surface area contributed by atoms with Gasteiger partial charge in [0.1, 0.15) is 5.82 Å². The van der Waals surface area contributed by atoms with Crippen LogP contribution in [0.4, 0.5) is 11.8 Å². The van der Waals surface area contributed by atoms with Gasteiger partial charge in [0.25, 0.3) is 5.78 Å². The second-order valence-electron chi connectivity index (χ2n) is 4.99. The van der Waals surface area contributed by atoms with E-state index in [1.54, 1.807) is 4.52 Å². The Morgan fingerprint density at radius 1 is 1.11 bits per heavy atom. The van der Waals surface area contributed by atoms with Crippen molar-refractivity contribution in [3.63, 3.8) is 0 Å². The fourth-order valence-corrected chi connectivity index (χ4v) is 2.48. The molecule has 0 unspecified atom stereocenters. The molecule has 0 amide bonds. The van der Waals surface area contributed by atoms with Gasteiger partial charge in [-0.2, -0.15) is 9.50 Å². The van der Waals surface area contributed by atoms with Crippen LogP contribution in [-0.2, 0) is 0 Å². The van der Waals surface area contributed by atoms with Crippen LogP contribution < -0.4 is 16.2 Å². The summed E-state index contributed by atoms with van der Waals surface area (Å²) in [5.74, 6) is 7.68. The van der Waals surface area contributed by atoms with E-state index in [0.29, 0.717) is 5.78 Å². The fourth-order valence-electron chi connectivity index (χ4n) is 2.48. The summed E-state index contributed by atoms with van der Waals surface area (Å²) in [6.07, 6.45) is 3.68. The van der Waals surface area contributed by atoms with E-state index in [2.05, 4.69) is 25.4 Å². The van der Waals surface area contributed by atoms with Crippen molar-refractivity contribution in [1.29, 1.82) is 0 Å². The van der Waals surface area contributed by atoms with Crippen LogP contribution in [0.5, 0.6) is 0 Å². The molecular weight excluding hydrogens is 242 g/mol. The molecule has 19 heavy (non-hydrogen) atoms. The van der Waals surface area contributed by atoms with Crippen LogP contribution in [0, 0.1) is 13.8 Å². The standard InChI is InChI=1S/C12H19N7/c1-8-9(2)14-11-15-12(17-19(11)10(8)16-13)18-6-4-3-5-7-18/h16H,3-7,13H2,1-2H3. The largest absolute Gasteiger partial charge is 0.339 e. The Hall–Kier alpha value is -1.89. The van der Waals surface area contributed by atoms with E-state index in [0.717, 1.165) is 36.1 Å². The van der Waals surface area contributed by atoms with Gasteiger partial charge in [0.15, 0.2) is 0 Å². The predicted molar refractivity (Wildman–Crippen MR) is 74.1 cm³/mol. The van der Waals surface area contributed by atoms with Crippen LogP contribution in [0.2, 0.25) is 0 Å². The maximum atomic E-state index is 5.59. The topological polar surface area (TPSA) is 84.4 Å². The van der Waals surface area contributed by atoms with E-state index >= 15 is 0 Å². The highest BCUT2D eigenvalue weighted by molar-refractivity contribution is 5.53. The molecule has 0 aliphatic carbocycles. The van der Waals surface area contributed by atoms with Crippen LogP contribution in [0.25, 0.3) is 5.78 Å². The van der Waals surface area contributed by atoms with Crippen molar-refractivity contribution in [2.45, 2.75) is 33.1 Å². The van der Waals surface area contributed by atoms with Gasteiger partial charge in [0, 0.05) is 24.3 Å². The summed E-state index contributed by atoms with van der Waals surface area (Å²) in [6.45, 7) is 5.95. The number of aromatic nitrogens is 4. The summed E-state index contributed by atoms with van der Waals surface area (Å²) in [4.78, 5) is 11.2. The van der Waals surface area contributed by atoms with Crippen molar-refractivity contribution in [1.82, 2.24) is 19.6 Å². The number of hydrogen-bond acceptors (Lipinski definition) is 6. The molecule has 1 fully saturated rings. The van der Waals surface area contributed by atoms with E-state index < -0.39 is 0 Å². The Kier molecular flexibility index (Phi) is 2.98. The molecule has 0 radical (unpaired) electrons. The number of nitrogens with two attached hydrogens (primary N) is 1. The van der Waals surface area contributed by atoms with Gasteiger partial charge in [0.2, 0.25) is 5.95 Å². The van der Waals surface area contributed by atoms with E-state index in [-0.39, 0.29) is 0 Å². The number of nitrogen functional groups attached to an aromatic ring is 1. The van der Waals surface area contributed by atoms with Crippen LogP contribution in [0.1, 0.15) is 30.5 Å². The van der Waals surface area contributed by atoms with Crippen molar-refractivity contribution in [3.05, 3.63) is 11.3 Å². The number of fused-ring (bicyclic) bond motifs is 1. The first kappa shape index (κ1) is 12.2. The summed E-state index contributed by atoms with van der Waals surface area (Å²) in [5, 5.41) is 4.54. The second kappa shape index (κ2) is 4.65. The molecule has 0 bridgehead atoms. The highest BCUT2D eigenvalue weighted by Crippen LogP contribution is 2.21. The molecule has 2 aromatic rings. The molecule has 2 aromatic heterocycles. The molecule has 3 N–H and O–H groups in total. The number of nitrogens with zero attached hydrogens (tertiary/aromatic N) is 5. The number of aryl methyl sites for hydroxylation is 1. The van der Waals surface area contributed by atoms with Crippen molar-refractivity contribution >= 4 is 17.5 Å². The molecule has 102 valence electrons. The van der Waals surface area contributed by atoms with Gasteiger partial charge in [-0.05, 0) is 33.1 Å². The van der Waals surface area contributed by atoms with Crippen molar-refractivity contribution in [3.8, 4) is 0 Å². The zero-order chi connectivity index (χ0) is 13.4. The molecule has 3 heterocycles. The van der Waals surface area contributed by atoms with Crippen LogP contribution in [0.15, 0.2) is 0 Å². The van der Waals surface area contributed by atoms with Crippen molar-refractivity contribution in [2.75, 3.05) is 23.4 Å². The minimum Gasteiger partial charge on any atom is -0.339 e. The zero-order valence-electron chi connectivity index (χ0n) is 11.3. The van der Waals surface area contributed by atoms with Gasteiger partial charge >= 0.3 is 0 Å². The SMILES string of the molecule is Cc1nc2nc(N3CCCCC3)nn2c(NN)c1C. The Morgan fingerprint density at radius 2 is 1.84 bits per heavy atom. The third kappa shape index (κ3) is 1.99. The number of anilines is 2. The average molecular weight is 261 g/mol. The van der Waals surface area contributed by atoms with E-state index in [9.17, 15) is 0 Å². The lowest BCUT2D eigenvalue weighted by atomic mass is 10.1. The monoisotopic (exact) mass is 261 g/mol. The number of hydrogen-bond donors (Lipinski definition) is 2. The number of hydrazine groups is 1. The summed E-state index contributed by atoms with van der Waals surface area (Å²) in [6, 6.07) is 0. The molecule has 3 rings (SSSR count). The molecule has 1 saturated heterocycles. The lowest BCUT2D eigenvalue weighted by Crippen LogP contribution is -2.30. The molecule has 0 atom stereocenters. The molecular formula is C12H19N7. The van der Waals surface area contributed by atoms with E-state index in [4.69, 9.17) is 5.84 Å². The summed E-state index contributed by atoms with van der Waals surface area (Å²) < 4.78 is 1.69. The molecule has 1 aliphatic heterocycles. The Morgan fingerprint density at radius 3 is 2.53 bits per heavy atom. The van der Waals surface area contributed by atoms with Crippen LogP contribution in [0.3, 0.4) is 0 Å². The van der Waals surface area contributed by atoms with Crippen molar-refractivity contribution in [2.24, 2.45) is 5.84 Å². The van der Waals surface area contributed by atoms with Crippen LogP contribution >= 0.6 is 0 Å². The van der Waals surface area contributed by atoms with Gasteiger partial charge in [0.05, 0.1) is 0 Å². The lowest BCUT2D eigenvalue weighted by Gasteiger charge is -2.24. The maximum absolute atomic E-state index is 5.59. The quantitative estimate of drug-likeness (QED) is 0.620. The highest BCUT2D eigenvalue weighted by atomic mass is 15.5. The first-order valence-electron chi connectivity index (χ1n) is 6.66. The smallest absolute Gasteiger partial charge is 0.256 e. The maximum Gasteiger partial charge on any atom is 0.256 e. The average Bonchev–Trinajstić information content (AvgIpc) is 2.84. The second-order valence-corrected chi connectivity index (χ2v) is 4.99. The summed E-state index contributed by atoms with van der Waals surface area (Å²) in [5.41, 5.74) is 4.60. The first-order chi connectivity index (χ1) is 9.20.